The summed E-state index contributed by atoms with van der Waals surface area (Å²) in [5.74, 6) is 0. The molecule has 3 rings (SSSR count). The Bertz CT molecular complexity index is 1220. The van der Waals surface area contributed by atoms with Crippen molar-refractivity contribution in [3.05, 3.63) is 86.5 Å². The average Bonchev–Trinajstić information content (AvgIpc) is 3.35. The summed E-state index contributed by atoms with van der Waals surface area (Å²) in [4.78, 5) is 0. The van der Waals surface area contributed by atoms with E-state index in [9.17, 15) is 5.53 Å². The molecule has 0 amide bonds. The highest BCUT2D eigenvalue weighted by Gasteiger charge is 2.35. The molecule has 0 saturated heterocycles. The second kappa shape index (κ2) is 21.4. The average molecular weight is 625 g/mol. The normalized spacial score (nSPS) is 13.5. The molecule has 0 aliphatic carbocycles. The van der Waals surface area contributed by atoms with Crippen LogP contribution in [0.25, 0.3) is 16.9 Å². The van der Waals surface area contributed by atoms with E-state index in [0.29, 0.717) is 0 Å². The topological polar surface area (TPSA) is 25.3 Å². The van der Waals surface area contributed by atoms with Gasteiger partial charge in [0.2, 0.25) is 11.4 Å². The fourth-order valence-electron chi connectivity index (χ4n) is 7.12. The third kappa shape index (κ3) is 11.3. The molecule has 0 saturated carbocycles. The van der Waals surface area contributed by atoms with Crippen molar-refractivity contribution in [3.63, 3.8) is 0 Å². The summed E-state index contributed by atoms with van der Waals surface area (Å²) in [5.41, 5.74) is 25.5. The van der Waals surface area contributed by atoms with E-state index in [1.807, 2.05) is 0 Å². The first-order valence-corrected chi connectivity index (χ1v) is 19.7. The van der Waals surface area contributed by atoms with E-state index in [2.05, 4.69) is 77.9 Å². The molecule has 1 aliphatic heterocycles. The molecule has 1 aliphatic rings. The van der Waals surface area contributed by atoms with Crippen molar-refractivity contribution in [3.8, 4) is 0 Å². The molecule has 254 valence electrons. The minimum absolute atomic E-state index is 1.03. The maximum Gasteiger partial charge on any atom is 0.211 e. The molecule has 2 aromatic carbocycles. The van der Waals surface area contributed by atoms with Crippen molar-refractivity contribution < 1.29 is 4.70 Å². The van der Waals surface area contributed by atoms with Gasteiger partial charge in [0, 0.05) is 22.3 Å². The Morgan fingerprint density at radius 1 is 0.370 bits per heavy atom. The summed E-state index contributed by atoms with van der Waals surface area (Å²) in [7, 11) is 0. The van der Waals surface area contributed by atoms with E-state index < -0.39 is 0 Å². The zero-order valence-electron chi connectivity index (χ0n) is 30.9. The lowest BCUT2D eigenvalue weighted by molar-refractivity contribution is -0.345. The Labute approximate surface area is 284 Å². The smallest absolute Gasteiger partial charge is 0.211 e. The van der Waals surface area contributed by atoms with Crippen molar-refractivity contribution >= 4 is 11.4 Å². The van der Waals surface area contributed by atoms with Gasteiger partial charge >= 0.3 is 0 Å². The predicted octanol–water partition coefficient (Wildman–Crippen LogP) is 14.2. The molecule has 0 bridgehead atoms. The predicted molar refractivity (Wildman–Crippen MR) is 202 cm³/mol. The van der Waals surface area contributed by atoms with Crippen LogP contribution < -0.4 is 0 Å². The number of hydrogen-bond donors (Lipinski definition) is 0. The number of aryl methyl sites for hydroxylation is 4. The van der Waals surface area contributed by atoms with Crippen molar-refractivity contribution in [1.29, 1.82) is 0 Å². The maximum atomic E-state index is 12.5. The fraction of sp³-hybridized carbons (Fsp3) is 0.636. The summed E-state index contributed by atoms with van der Waals surface area (Å²) in [6.45, 7) is 13.7. The highest BCUT2D eigenvalue weighted by molar-refractivity contribution is 5.82. The van der Waals surface area contributed by atoms with Gasteiger partial charge in [0.25, 0.3) is 0 Å². The first kappa shape index (κ1) is 38.0. The monoisotopic (exact) mass is 625 g/mol. The van der Waals surface area contributed by atoms with Crippen LogP contribution in [0.1, 0.15) is 190 Å². The highest BCUT2D eigenvalue weighted by Crippen LogP contribution is 2.45. The number of rotatable bonds is 24. The molecule has 0 fully saturated rings. The van der Waals surface area contributed by atoms with Gasteiger partial charge in [-0.3, -0.25) is 0 Å². The van der Waals surface area contributed by atoms with Gasteiger partial charge in [0.05, 0.1) is 0 Å². The summed E-state index contributed by atoms with van der Waals surface area (Å²) in [6, 6.07) is 14.5. The van der Waals surface area contributed by atoms with Crippen molar-refractivity contribution in [2.75, 3.05) is 0 Å². The molecular weight excluding hydrogens is 556 g/mol. The van der Waals surface area contributed by atoms with Gasteiger partial charge in [-0.05, 0) is 124 Å². The Kier molecular flexibility index (Phi) is 17.7. The maximum absolute atomic E-state index is 12.5. The second-order valence-corrected chi connectivity index (χ2v) is 14.1. The van der Waals surface area contributed by atoms with Gasteiger partial charge in [0.1, 0.15) is 0 Å². The molecule has 0 atom stereocenters. The highest BCUT2D eigenvalue weighted by atomic mass is 15.2. The van der Waals surface area contributed by atoms with Crippen LogP contribution in [0, 0.1) is 0 Å². The lowest BCUT2D eigenvalue weighted by Crippen LogP contribution is -2.05. The summed E-state index contributed by atoms with van der Waals surface area (Å²) >= 11 is 0. The molecule has 0 unspecified atom stereocenters. The number of unbranched alkanes of at least 4 members (excludes halogenated alkanes) is 10. The molecule has 2 aromatic rings. The van der Waals surface area contributed by atoms with E-state index in [0.717, 1.165) is 62.8 Å². The number of hydrogen-bond acceptors (Lipinski definition) is 0. The van der Waals surface area contributed by atoms with Gasteiger partial charge < -0.3 is 5.53 Å². The molecule has 0 spiro atoms. The largest absolute Gasteiger partial charge is 0.493 e. The van der Waals surface area contributed by atoms with E-state index >= 15 is 0 Å². The van der Waals surface area contributed by atoms with Gasteiger partial charge in [-0.1, -0.05) is 118 Å². The first-order chi connectivity index (χ1) is 22.5. The lowest BCUT2D eigenvalue weighted by atomic mass is 9.89. The number of allylic oxidation sites excluding steroid dienone is 2. The lowest BCUT2D eigenvalue weighted by Gasteiger charge is -2.14. The van der Waals surface area contributed by atoms with Crippen molar-refractivity contribution in [1.82, 2.24) is 0 Å². The van der Waals surface area contributed by atoms with Crippen molar-refractivity contribution in [2.45, 2.75) is 183 Å². The summed E-state index contributed by atoms with van der Waals surface area (Å²) < 4.78 is 1.66. The Morgan fingerprint density at radius 2 is 0.674 bits per heavy atom. The van der Waals surface area contributed by atoms with Gasteiger partial charge in [-0.2, -0.15) is 0 Å². The minimum atomic E-state index is 1.03. The van der Waals surface area contributed by atoms with E-state index in [-0.39, 0.29) is 0 Å². The molecular formula is C44H68N2. The van der Waals surface area contributed by atoms with Gasteiger partial charge in [0.15, 0.2) is 0 Å². The van der Waals surface area contributed by atoms with Gasteiger partial charge in [-0.15, -0.1) is 0 Å². The Morgan fingerprint density at radius 3 is 1.04 bits per heavy atom. The molecule has 0 N–H and O–H groups in total. The summed E-state index contributed by atoms with van der Waals surface area (Å²) in [6.07, 6.45) is 26.2. The molecule has 2 nitrogen and oxygen atoms in total. The first-order valence-electron chi connectivity index (χ1n) is 19.7. The van der Waals surface area contributed by atoms with Crippen LogP contribution in [0.3, 0.4) is 0 Å². The zero-order chi connectivity index (χ0) is 33.1. The van der Waals surface area contributed by atoms with Crippen LogP contribution in [0.2, 0.25) is 0 Å². The third-order valence-corrected chi connectivity index (χ3v) is 9.85. The SMILES string of the molecule is CCCCCCCCC1=C(c2cc(CCCC)cc(CCCC)c2)[N+](=[N-])C(c2cc(CCCC)cc(CCCC)c2)=C1CCCC. The van der Waals surface area contributed by atoms with E-state index in [4.69, 9.17) is 0 Å². The third-order valence-electron chi connectivity index (χ3n) is 9.85. The molecule has 2 heteroatoms. The molecule has 0 radical (unpaired) electrons. The van der Waals surface area contributed by atoms with Gasteiger partial charge in [-0.25, -0.2) is 4.70 Å². The molecule has 46 heavy (non-hydrogen) atoms. The number of nitrogens with zero attached hydrogens (tertiary/aromatic N) is 2. The van der Waals surface area contributed by atoms with Crippen LogP contribution in [-0.4, -0.2) is 4.70 Å². The van der Waals surface area contributed by atoms with Crippen LogP contribution >= 0.6 is 0 Å². The van der Waals surface area contributed by atoms with Crippen LogP contribution in [0.5, 0.6) is 0 Å². The molecule has 1 heterocycles. The van der Waals surface area contributed by atoms with Crippen LogP contribution in [0.4, 0.5) is 0 Å². The van der Waals surface area contributed by atoms with Crippen LogP contribution in [-0.2, 0) is 25.7 Å². The minimum Gasteiger partial charge on any atom is -0.493 e. The summed E-state index contributed by atoms with van der Waals surface area (Å²) in [5, 5.41) is 0. The van der Waals surface area contributed by atoms with Crippen LogP contribution in [0.15, 0.2) is 47.5 Å². The van der Waals surface area contributed by atoms with E-state index in [1.54, 1.807) is 4.70 Å². The Hall–Kier alpha value is -2.48. The number of benzene rings is 2. The quantitative estimate of drug-likeness (QED) is 0.0820. The fourth-order valence-corrected chi connectivity index (χ4v) is 7.12. The van der Waals surface area contributed by atoms with E-state index in [1.165, 1.54) is 134 Å². The molecule has 0 aromatic heterocycles. The second-order valence-electron chi connectivity index (χ2n) is 14.1. The standard InChI is InChI=1S/C44H68N2/c1-7-13-19-20-21-22-28-42-41(27-18-12-6)43(39-31-35(23-14-8-2)29-36(32-39)24-15-9-3)46(45)44(42)40-33-37(25-16-10-4)30-38(34-40)26-17-11-5/h29-34H,7-28H2,1-6H3. The van der Waals surface area contributed by atoms with Crippen molar-refractivity contribution in [2.24, 2.45) is 0 Å². The Balaban J connectivity index is 2.19. The zero-order valence-corrected chi connectivity index (χ0v) is 30.9.